The van der Waals surface area contributed by atoms with Crippen LogP contribution in [0.4, 0.5) is 14.5 Å². The van der Waals surface area contributed by atoms with Crippen molar-refractivity contribution in [2.45, 2.75) is 32.1 Å². The molecule has 0 spiro atoms. The van der Waals surface area contributed by atoms with Crippen LogP contribution in [0.3, 0.4) is 0 Å². The van der Waals surface area contributed by atoms with Crippen molar-refractivity contribution in [1.29, 1.82) is 0 Å². The second-order valence-electron chi connectivity index (χ2n) is 6.32. The van der Waals surface area contributed by atoms with Crippen molar-refractivity contribution < 1.29 is 23.1 Å². The molecule has 1 amide bonds. The third-order valence-electron chi connectivity index (χ3n) is 4.33. The molecule has 0 saturated heterocycles. The van der Waals surface area contributed by atoms with Crippen molar-refractivity contribution in [1.82, 2.24) is 0 Å². The maximum absolute atomic E-state index is 13.5. The Bertz CT molecular complexity index is 836. The highest BCUT2D eigenvalue weighted by molar-refractivity contribution is 5.93. The summed E-state index contributed by atoms with van der Waals surface area (Å²) >= 11 is 0. The van der Waals surface area contributed by atoms with Gasteiger partial charge in [-0.1, -0.05) is 18.2 Å². The number of rotatable bonds is 5. The summed E-state index contributed by atoms with van der Waals surface area (Å²) in [6.07, 6.45) is 4.51. The number of amides is 1. The van der Waals surface area contributed by atoms with E-state index < -0.39 is 30.1 Å². The van der Waals surface area contributed by atoms with Crippen LogP contribution in [0.1, 0.15) is 29.5 Å². The zero-order chi connectivity index (χ0) is 18.5. The lowest BCUT2D eigenvalue weighted by molar-refractivity contribution is -0.146. The quantitative estimate of drug-likeness (QED) is 0.831. The fraction of sp³-hybridized carbons (Fsp3) is 0.300. The van der Waals surface area contributed by atoms with Crippen molar-refractivity contribution >= 4 is 17.6 Å². The van der Waals surface area contributed by atoms with Gasteiger partial charge in [-0.3, -0.25) is 9.59 Å². The Balaban J connectivity index is 1.50. The molecule has 136 valence electrons. The standard InChI is InChI=1S/C20H19F2NO3/c21-16-7-8-18(17(22)11-16)23-19(24)12-26-20(25)10-13-5-6-14-3-1-2-4-15(14)9-13/h5-9,11H,1-4,10,12H2,(H,23,24). The summed E-state index contributed by atoms with van der Waals surface area (Å²) in [5.41, 5.74) is 3.28. The molecule has 0 saturated carbocycles. The summed E-state index contributed by atoms with van der Waals surface area (Å²) in [5, 5.41) is 2.24. The van der Waals surface area contributed by atoms with Crippen LogP contribution < -0.4 is 5.32 Å². The average Bonchev–Trinajstić information content (AvgIpc) is 2.62. The number of hydrogen-bond acceptors (Lipinski definition) is 3. The van der Waals surface area contributed by atoms with E-state index in [1.165, 1.54) is 17.5 Å². The van der Waals surface area contributed by atoms with Crippen LogP contribution in [0.5, 0.6) is 0 Å². The molecule has 6 heteroatoms. The summed E-state index contributed by atoms with van der Waals surface area (Å²) < 4.78 is 31.2. The zero-order valence-electron chi connectivity index (χ0n) is 14.2. The maximum Gasteiger partial charge on any atom is 0.310 e. The average molecular weight is 359 g/mol. The topological polar surface area (TPSA) is 55.4 Å². The number of ether oxygens (including phenoxy) is 1. The number of anilines is 1. The van der Waals surface area contributed by atoms with Gasteiger partial charge in [0, 0.05) is 6.07 Å². The van der Waals surface area contributed by atoms with Gasteiger partial charge in [-0.05, 0) is 54.5 Å². The van der Waals surface area contributed by atoms with Crippen LogP contribution in [0.2, 0.25) is 0 Å². The molecule has 0 fully saturated rings. The van der Waals surface area contributed by atoms with Crippen LogP contribution in [0.25, 0.3) is 0 Å². The Morgan fingerprint density at radius 1 is 1.00 bits per heavy atom. The van der Waals surface area contributed by atoms with Crippen molar-refractivity contribution in [3.63, 3.8) is 0 Å². The molecule has 1 aliphatic carbocycles. The van der Waals surface area contributed by atoms with E-state index in [2.05, 4.69) is 5.32 Å². The van der Waals surface area contributed by atoms with Crippen LogP contribution in [0.15, 0.2) is 36.4 Å². The lowest BCUT2D eigenvalue weighted by atomic mass is 9.90. The highest BCUT2D eigenvalue weighted by Gasteiger charge is 2.14. The SMILES string of the molecule is O=C(COC(=O)Cc1ccc2c(c1)CCCC2)Nc1ccc(F)cc1F. The van der Waals surface area contributed by atoms with Gasteiger partial charge in [0.15, 0.2) is 6.61 Å². The first kappa shape index (κ1) is 18.0. The summed E-state index contributed by atoms with van der Waals surface area (Å²) in [7, 11) is 0. The lowest BCUT2D eigenvalue weighted by Crippen LogP contribution is -2.22. The molecule has 0 aromatic heterocycles. The molecule has 4 nitrogen and oxygen atoms in total. The first-order valence-electron chi connectivity index (χ1n) is 8.52. The molecule has 0 atom stereocenters. The zero-order valence-corrected chi connectivity index (χ0v) is 14.2. The normalized spacial score (nSPS) is 13.0. The van der Waals surface area contributed by atoms with Crippen molar-refractivity contribution in [3.8, 4) is 0 Å². The van der Waals surface area contributed by atoms with E-state index in [0.29, 0.717) is 6.07 Å². The van der Waals surface area contributed by atoms with Gasteiger partial charge in [0.25, 0.3) is 5.91 Å². The number of aryl methyl sites for hydroxylation is 2. The number of esters is 1. The van der Waals surface area contributed by atoms with Crippen LogP contribution in [-0.2, 0) is 33.6 Å². The minimum atomic E-state index is -0.890. The highest BCUT2D eigenvalue weighted by Crippen LogP contribution is 2.22. The minimum absolute atomic E-state index is 0.0749. The van der Waals surface area contributed by atoms with Gasteiger partial charge in [0.2, 0.25) is 0 Å². The minimum Gasteiger partial charge on any atom is -0.455 e. The van der Waals surface area contributed by atoms with E-state index in [1.54, 1.807) is 0 Å². The van der Waals surface area contributed by atoms with Crippen LogP contribution in [-0.4, -0.2) is 18.5 Å². The third-order valence-corrected chi connectivity index (χ3v) is 4.33. The van der Waals surface area contributed by atoms with Gasteiger partial charge in [0.05, 0.1) is 12.1 Å². The Kier molecular flexibility index (Phi) is 5.61. The van der Waals surface area contributed by atoms with E-state index in [9.17, 15) is 18.4 Å². The molecule has 1 N–H and O–H groups in total. The second kappa shape index (κ2) is 8.08. The largest absolute Gasteiger partial charge is 0.455 e. The van der Waals surface area contributed by atoms with Crippen LogP contribution >= 0.6 is 0 Å². The summed E-state index contributed by atoms with van der Waals surface area (Å²) in [4.78, 5) is 23.7. The lowest BCUT2D eigenvalue weighted by Gasteiger charge is -2.16. The maximum atomic E-state index is 13.5. The number of halogens is 2. The van der Waals surface area contributed by atoms with Gasteiger partial charge < -0.3 is 10.1 Å². The molecule has 3 rings (SSSR count). The van der Waals surface area contributed by atoms with Gasteiger partial charge in [0.1, 0.15) is 11.6 Å². The molecule has 0 aliphatic heterocycles. The predicted molar refractivity (Wildman–Crippen MR) is 92.7 cm³/mol. The number of fused-ring (bicyclic) bond motifs is 1. The molecule has 0 heterocycles. The number of nitrogens with one attached hydrogen (secondary N) is 1. The Morgan fingerprint density at radius 3 is 2.54 bits per heavy atom. The van der Waals surface area contributed by atoms with Crippen molar-refractivity contribution in [3.05, 3.63) is 64.7 Å². The number of benzene rings is 2. The van der Waals surface area contributed by atoms with Crippen molar-refractivity contribution in [2.24, 2.45) is 0 Å². The van der Waals surface area contributed by atoms with Gasteiger partial charge >= 0.3 is 5.97 Å². The third kappa shape index (κ3) is 4.65. The highest BCUT2D eigenvalue weighted by atomic mass is 19.1. The van der Waals surface area contributed by atoms with E-state index in [4.69, 9.17) is 4.74 Å². The molecule has 2 aromatic carbocycles. The Labute approximate surface area is 150 Å². The number of carbonyl (C=O) groups is 2. The smallest absolute Gasteiger partial charge is 0.310 e. The van der Waals surface area contributed by atoms with E-state index in [-0.39, 0.29) is 12.1 Å². The molecule has 2 aromatic rings. The van der Waals surface area contributed by atoms with Gasteiger partial charge in [-0.2, -0.15) is 0 Å². The molecule has 26 heavy (non-hydrogen) atoms. The van der Waals surface area contributed by atoms with Crippen molar-refractivity contribution in [2.75, 3.05) is 11.9 Å². The summed E-state index contributed by atoms with van der Waals surface area (Å²) in [6.45, 7) is -0.527. The fourth-order valence-electron chi connectivity index (χ4n) is 3.04. The van der Waals surface area contributed by atoms with E-state index in [1.807, 2.05) is 18.2 Å². The summed E-state index contributed by atoms with van der Waals surface area (Å²) in [5.74, 6) is -2.85. The molecular formula is C20H19F2NO3. The molecular weight excluding hydrogens is 340 g/mol. The monoisotopic (exact) mass is 359 g/mol. The van der Waals surface area contributed by atoms with Gasteiger partial charge in [-0.25, -0.2) is 8.78 Å². The summed E-state index contributed by atoms with van der Waals surface area (Å²) in [6, 6.07) is 8.76. The Hall–Kier alpha value is -2.76. The first-order chi connectivity index (χ1) is 12.5. The fourth-order valence-corrected chi connectivity index (χ4v) is 3.04. The molecule has 0 radical (unpaired) electrons. The molecule has 0 unspecified atom stereocenters. The molecule has 1 aliphatic rings. The van der Waals surface area contributed by atoms with E-state index in [0.717, 1.165) is 37.0 Å². The second-order valence-corrected chi connectivity index (χ2v) is 6.32. The predicted octanol–water partition coefficient (Wildman–Crippen LogP) is 3.57. The van der Waals surface area contributed by atoms with Crippen LogP contribution in [0, 0.1) is 11.6 Å². The van der Waals surface area contributed by atoms with Gasteiger partial charge in [-0.15, -0.1) is 0 Å². The Morgan fingerprint density at radius 2 is 1.77 bits per heavy atom. The number of carbonyl (C=O) groups excluding carboxylic acids is 2. The first-order valence-corrected chi connectivity index (χ1v) is 8.52. The number of hydrogen-bond donors (Lipinski definition) is 1. The van der Waals surface area contributed by atoms with E-state index >= 15 is 0 Å². The molecule has 0 bridgehead atoms.